The lowest BCUT2D eigenvalue weighted by atomic mass is 10.1. The summed E-state index contributed by atoms with van der Waals surface area (Å²) in [6, 6.07) is 67.4. The van der Waals surface area contributed by atoms with Crippen LogP contribution in [0.4, 0.5) is 34.1 Å². The molecule has 11 rings (SSSR count). The van der Waals surface area contributed by atoms with E-state index in [1.807, 2.05) is 127 Å². The maximum atomic E-state index is 4.96. The molecule has 0 amide bonds. The van der Waals surface area contributed by atoms with Gasteiger partial charge in [-0.15, -0.1) is 30.6 Å². The number of benzene rings is 8. The second-order valence-corrected chi connectivity index (χ2v) is 14.0. The van der Waals surface area contributed by atoms with E-state index in [0.29, 0.717) is 0 Å². The Morgan fingerprint density at radius 1 is 0.237 bits per heavy atom. The van der Waals surface area contributed by atoms with Gasteiger partial charge in [-0.25, -0.2) is 0 Å². The van der Waals surface area contributed by atoms with Crippen LogP contribution in [0, 0.1) is 0 Å². The molecular weight excluding hydrogens is 731 g/mol. The van der Waals surface area contributed by atoms with Gasteiger partial charge in [0, 0.05) is 34.1 Å². The summed E-state index contributed by atoms with van der Waals surface area (Å²) in [6.07, 6.45) is 0. The number of fused-ring (bicyclic) bond motifs is 3. The first-order valence-corrected chi connectivity index (χ1v) is 19.2. The lowest BCUT2D eigenvalue weighted by Gasteiger charge is -2.25. The molecule has 0 fully saturated rings. The Labute approximate surface area is 338 Å². The third-order valence-corrected chi connectivity index (χ3v) is 10.2. The van der Waals surface area contributed by atoms with Crippen molar-refractivity contribution in [3.05, 3.63) is 200 Å². The molecule has 0 spiro atoms. The van der Waals surface area contributed by atoms with Crippen molar-refractivity contribution < 1.29 is 0 Å². The fourth-order valence-corrected chi connectivity index (χ4v) is 7.36. The van der Waals surface area contributed by atoms with E-state index in [1.165, 1.54) is 0 Å². The molecule has 0 bridgehead atoms. The van der Waals surface area contributed by atoms with Gasteiger partial charge in [-0.05, 0) is 140 Å². The Bertz CT molecular complexity index is 3140. The quantitative estimate of drug-likeness (QED) is 0.143. The molecule has 0 saturated heterocycles. The van der Waals surface area contributed by atoms with Crippen LogP contribution in [0.15, 0.2) is 200 Å². The van der Waals surface area contributed by atoms with Crippen molar-refractivity contribution in [2.24, 2.45) is 0 Å². The van der Waals surface area contributed by atoms with Gasteiger partial charge in [0.2, 0.25) is 0 Å². The van der Waals surface area contributed by atoms with Crippen LogP contribution in [0.25, 0.3) is 50.2 Å². The third kappa shape index (κ3) is 6.38. The Hall–Kier alpha value is -8.44. The van der Waals surface area contributed by atoms with Crippen LogP contribution >= 0.6 is 0 Å². The molecule has 11 heteroatoms. The SMILES string of the molecule is c1ccc(N(c2ccc(-n3nc4ccccc4n3)cc2)c2ccc(-n3nc4ccc(N(c5ccccc5)c5ccc(-n6nc7ccccc7n6)cc5)cc4n3)cc2)cc1. The topological polar surface area (TPSA) is 98.6 Å². The van der Waals surface area contributed by atoms with Crippen LogP contribution in [-0.2, 0) is 0 Å². The average molecular weight is 764 g/mol. The van der Waals surface area contributed by atoms with Gasteiger partial charge in [0.25, 0.3) is 0 Å². The van der Waals surface area contributed by atoms with Crippen LogP contribution in [0.2, 0.25) is 0 Å². The number of hydrogen-bond donors (Lipinski definition) is 0. The molecule has 8 aromatic carbocycles. The summed E-state index contributed by atoms with van der Waals surface area (Å²) in [7, 11) is 0. The van der Waals surface area contributed by atoms with Gasteiger partial charge < -0.3 is 9.80 Å². The van der Waals surface area contributed by atoms with Gasteiger partial charge >= 0.3 is 0 Å². The number of aromatic nitrogens is 9. The Balaban J connectivity index is 0.892. The highest BCUT2D eigenvalue weighted by Gasteiger charge is 2.17. The lowest BCUT2D eigenvalue weighted by molar-refractivity contribution is 0.765. The molecular formula is C48H33N11. The van der Waals surface area contributed by atoms with Gasteiger partial charge in [0.15, 0.2) is 0 Å². The first kappa shape index (κ1) is 33.9. The molecule has 0 aliphatic rings. The van der Waals surface area contributed by atoms with Gasteiger partial charge in [0.05, 0.1) is 17.1 Å². The molecule has 3 heterocycles. The van der Waals surface area contributed by atoms with E-state index >= 15 is 0 Å². The van der Waals surface area contributed by atoms with Gasteiger partial charge in [-0.2, -0.15) is 14.4 Å². The van der Waals surface area contributed by atoms with Crippen molar-refractivity contribution >= 4 is 67.2 Å². The Morgan fingerprint density at radius 2 is 0.508 bits per heavy atom. The summed E-state index contributed by atoms with van der Waals surface area (Å²) in [5, 5.41) is 28.5. The minimum absolute atomic E-state index is 0.780. The maximum absolute atomic E-state index is 4.96. The predicted octanol–water partition coefficient (Wildman–Crippen LogP) is 10.8. The first-order chi connectivity index (χ1) is 29.2. The second kappa shape index (κ2) is 14.3. The smallest absolute Gasteiger partial charge is 0.115 e. The molecule has 0 aliphatic carbocycles. The normalized spacial score (nSPS) is 11.4. The summed E-state index contributed by atoms with van der Waals surface area (Å²) >= 11 is 0. The van der Waals surface area contributed by atoms with Crippen molar-refractivity contribution in [3.8, 4) is 17.1 Å². The van der Waals surface area contributed by atoms with E-state index in [2.05, 4.69) is 103 Å². The number of rotatable bonds is 9. The van der Waals surface area contributed by atoms with Crippen molar-refractivity contribution in [2.75, 3.05) is 9.80 Å². The van der Waals surface area contributed by atoms with Gasteiger partial charge in [0.1, 0.15) is 33.1 Å². The molecule has 0 radical (unpaired) electrons. The largest absolute Gasteiger partial charge is 0.311 e. The highest BCUT2D eigenvalue weighted by atomic mass is 15.5. The fourth-order valence-electron chi connectivity index (χ4n) is 7.36. The fraction of sp³-hybridized carbons (Fsp3) is 0. The monoisotopic (exact) mass is 763 g/mol. The predicted molar refractivity (Wildman–Crippen MR) is 233 cm³/mol. The molecule has 11 aromatic rings. The molecule has 0 N–H and O–H groups in total. The molecule has 0 aliphatic heterocycles. The van der Waals surface area contributed by atoms with Crippen LogP contribution in [0.5, 0.6) is 0 Å². The summed E-state index contributed by atoms with van der Waals surface area (Å²) in [5.41, 5.74) is 13.6. The summed E-state index contributed by atoms with van der Waals surface area (Å²) in [4.78, 5) is 9.49. The van der Waals surface area contributed by atoms with E-state index in [9.17, 15) is 0 Å². The molecule has 11 nitrogen and oxygen atoms in total. The molecule has 0 saturated carbocycles. The number of hydrogen-bond acceptors (Lipinski definition) is 8. The average Bonchev–Trinajstić information content (AvgIpc) is 4.05. The third-order valence-electron chi connectivity index (χ3n) is 10.2. The highest BCUT2D eigenvalue weighted by Crippen LogP contribution is 2.37. The summed E-state index contributed by atoms with van der Waals surface area (Å²) in [5.74, 6) is 0. The van der Waals surface area contributed by atoms with Crippen molar-refractivity contribution in [2.45, 2.75) is 0 Å². The van der Waals surface area contributed by atoms with Crippen LogP contribution in [0.3, 0.4) is 0 Å². The van der Waals surface area contributed by atoms with Gasteiger partial charge in [-0.1, -0.05) is 60.7 Å². The second-order valence-electron chi connectivity index (χ2n) is 14.0. The van der Waals surface area contributed by atoms with E-state index in [0.717, 1.165) is 84.3 Å². The lowest BCUT2D eigenvalue weighted by Crippen LogP contribution is -2.10. The van der Waals surface area contributed by atoms with Crippen molar-refractivity contribution in [1.29, 1.82) is 0 Å². The summed E-state index contributed by atoms with van der Waals surface area (Å²) in [6.45, 7) is 0. The zero-order valence-electron chi connectivity index (χ0n) is 31.5. The van der Waals surface area contributed by atoms with Crippen molar-refractivity contribution in [3.63, 3.8) is 0 Å². The molecule has 280 valence electrons. The number of para-hydroxylation sites is 2. The number of anilines is 6. The maximum Gasteiger partial charge on any atom is 0.115 e. The molecule has 0 atom stereocenters. The molecule has 0 unspecified atom stereocenters. The highest BCUT2D eigenvalue weighted by molar-refractivity contribution is 5.85. The van der Waals surface area contributed by atoms with Gasteiger partial charge in [-0.3, -0.25) is 0 Å². The van der Waals surface area contributed by atoms with Crippen LogP contribution in [-0.4, -0.2) is 45.0 Å². The minimum atomic E-state index is 0.780. The zero-order chi connectivity index (χ0) is 39.1. The Kier molecular flexibility index (Phi) is 8.18. The minimum Gasteiger partial charge on any atom is -0.311 e. The van der Waals surface area contributed by atoms with E-state index < -0.39 is 0 Å². The first-order valence-electron chi connectivity index (χ1n) is 19.2. The summed E-state index contributed by atoms with van der Waals surface area (Å²) < 4.78 is 0. The van der Waals surface area contributed by atoms with Crippen LogP contribution < -0.4 is 9.80 Å². The van der Waals surface area contributed by atoms with E-state index in [-0.39, 0.29) is 0 Å². The van der Waals surface area contributed by atoms with Crippen LogP contribution in [0.1, 0.15) is 0 Å². The molecule has 3 aromatic heterocycles. The molecule has 59 heavy (non-hydrogen) atoms. The standard InChI is InChI=1S/C48H33N11/c1-3-11-34(12-4-1)55(36-19-25-39(26-20-36)57-49-43-15-7-8-16-44(43)50-57)37-21-27-41(28-22-37)59-53-47-32-31-42(33-48(47)54-59)56(35-13-5-2-6-14-35)38-23-29-40(30-24-38)58-51-45-17-9-10-18-46(45)52-58/h1-33H. The zero-order valence-corrected chi connectivity index (χ0v) is 31.5. The van der Waals surface area contributed by atoms with E-state index in [1.54, 1.807) is 14.4 Å². The van der Waals surface area contributed by atoms with E-state index in [4.69, 9.17) is 10.2 Å². The Morgan fingerprint density at radius 3 is 0.881 bits per heavy atom. The number of nitrogens with zero attached hydrogens (tertiary/aromatic N) is 11. The van der Waals surface area contributed by atoms with Crippen molar-refractivity contribution in [1.82, 2.24) is 45.0 Å².